The van der Waals surface area contributed by atoms with Gasteiger partial charge < -0.3 is 0 Å². The van der Waals surface area contributed by atoms with Gasteiger partial charge in [-0.2, -0.15) is 0 Å². The quantitative estimate of drug-likeness (QED) is 0.172. The number of rotatable bonds is 8. The van der Waals surface area contributed by atoms with Crippen molar-refractivity contribution in [3.8, 4) is 0 Å². The topological polar surface area (TPSA) is 58.4 Å². The molecule has 0 fully saturated rings. The first-order valence-corrected chi connectivity index (χ1v) is 8.52. The van der Waals surface area contributed by atoms with Gasteiger partial charge in [-0.25, -0.2) is 0 Å². The Hall–Kier alpha value is -0.500. The van der Waals surface area contributed by atoms with Crippen LogP contribution in [0.5, 0.6) is 0 Å². The van der Waals surface area contributed by atoms with Crippen LogP contribution in [0.3, 0.4) is 0 Å². The minimum atomic E-state index is -0.0792. The normalized spacial score (nSPS) is 11.1. The molecule has 0 saturated heterocycles. The van der Waals surface area contributed by atoms with Crippen LogP contribution >= 0.6 is 0 Å². The molecule has 0 atom stereocenters. The average molecular weight is 362 g/mol. The summed E-state index contributed by atoms with van der Waals surface area (Å²) in [4.78, 5) is 14.0. The molecule has 0 aliphatic carbocycles. The fourth-order valence-electron chi connectivity index (χ4n) is 1.42. The van der Waals surface area contributed by atoms with Crippen LogP contribution in [-0.2, 0) is 0 Å². The van der Waals surface area contributed by atoms with Gasteiger partial charge in [-0.05, 0) is 0 Å². The number of ketones is 1. The van der Waals surface area contributed by atoms with Gasteiger partial charge in [0.2, 0.25) is 0 Å². The van der Waals surface area contributed by atoms with E-state index < -0.39 is 0 Å². The maximum absolute atomic E-state index is 11.9. The summed E-state index contributed by atoms with van der Waals surface area (Å²) in [6.07, 6.45) is 0. The summed E-state index contributed by atoms with van der Waals surface area (Å²) in [6, 6.07) is 7.85. The van der Waals surface area contributed by atoms with E-state index in [4.69, 9.17) is 5.73 Å². The SMILES string of the molecule is CN(C)CCNCC(=O)c1ccc([I-]CN)cc1. The zero-order valence-corrected chi connectivity index (χ0v) is 13.1. The summed E-state index contributed by atoms with van der Waals surface area (Å²) >= 11 is -0.0792. The van der Waals surface area contributed by atoms with Gasteiger partial charge in [0, 0.05) is 0 Å². The Morgan fingerprint density at radius 2 is 2.00 bits per heavy atom. The van der Waals surface area contributed by atoms with E-state index in [0.717, 1.165) is 23.2 Å². The van der Waals surface area contributed by atoms with Crippen LogP contribution in [-0.4, -0.2) is 49.0 Å². The number of halogens is 1. The van der Waals surface area contributed by atoms with Gasteiger partial charge in [-0.15, -0.1) is 0 Å². The van der Waals surface area contributed by atoms with Crippen LogP contribution < -0.4 is 32.3 Å². The van der Waals surface area contributed by atoms with Gasteiger partial charge in [0.05, 0.1) is 0 Å². The Morgan fingerprint density at radius 1 is 1.33 bits per heavy atom. The van der Waals surface area contributed by atoms with Crippen molar-refractivity contribution in [2.75, 3.05) is 38.3 Å². The average Bonchev–Trinajstić information content (AvgIpc) is 2.35. The molecular formula is C13H21IN3O-. The number of nitrogens with two attached hydrogens (primary N) is 1. The molecule has 0 saturated carbocycles. The van der Waals surface area contributed by atoms with Crippen molar-refractivity contribution in [2.24, 2.45) is 5.73 Å². The second kappa shape index (κ2) is 8.58. The van der Waals surface area contributed by atoms with E-state index in [-0.39, 0.29) is 27.0 Å². The van der Waals surface area contributed by atoms with Crippen LogP contribution in [0.15, 0.2) is 24.3 Å². The molecule has 0 spiro atoms. The van der Waals surface area contributed by atoms with Crippen molar-refractivity contribution in [3.05, 3.63) is 33.4 Å². The molecule has 0 aromatic heterocycles. The standard InChI is InChI=1S/C13H21IN3O/c1-17(2)8-7-16-9-13(18)11-3-5-12(6-4-11)14-10-15/h3-6,16H,7-10,15H2,1-2H3/q-1. The predicted molar refractivity (Wildman–Crippen MR) is 69.9 cm³/mol. The monoisotopic (exact) mass is 362 g/mol. The van der Waals surface area contributed by atoms with Gasteiger partial charge in [0.25, 0.3) is 0 Å². The zero-order chi connectivity index (χ0) is 13.4. The van der Waals surface area contributed by atoms with Gasteiger partial charge in [-0.1, -0.05) is 0 Å². The van der Waals surface area contributed by atoms with Gasteiger partial charge in [0.15, 0.2) is 0 Å². The summed E-state index contributed by atoms with van der Waals surface area (Å²) < 4.78 is 2.03. The number of nitrogens with one attached hydrogen (secondary N) is 1. The van der Waals surface area contributed by atoms with E-state index in [0.29, 0.717) is 6.54 Å². The van der Waals surface area contributed by atoms with Crippen LogP contribution in [0.4, 0.5) is 0 Å². The summed E-state index contributed by atoms with van der Waals surface area (Å²) in [5, 5.41) is 3.15. The number of nitrogens with zero attached hydrogens (tertiary/aromatic N) is 1. The van der Waals surface area contributed by atoms with E-state index in [1.165, 1.54) is 3.57 Å². The van der Waals surface area contributed by atoms with Gasteiger partial charge in [-0.3, -0.25) is 0 Å². The molecular weight excluding hydrogens is 341 g/mol. The number of Topliss-reactive ketones (excluding diaryl/α,β-unsaturated/α-hetero) is 1. The van der Waals surface area contributed by atoms with Crippen LogP contribution in [0, 0.1) is 3.57 Å². The third-order valence-electron chi connectivity index (χ3n) is 2.42. The molecule has 102 valence electrons. The van der Waals surface area contributed by atoms with E-state index in [1.54, 1.807) is 0 Å². The second-order valence-electron chi connectivity index (χ2n) is 4.20. The van der Waals surface area contributed by atoms with Crippen LogP contribution in [0.25, 0.3) is 0 Å². The first-order valence-electron chi connectivity index (χ1n) is 5.91. The molecule has 0 bridgehead atoms. The van der Waals surface area contributed by atoms with Crippen molar-refractivity contribution in [1.82, 2.24) is 10.2 Å². The molecule has 5 heteroatoms. The Bertz CT molecular complexity index is 365. The number of benzene rings is 1. The number of likely N-dealkylation sites (N-methyl/N-ethyl adjacent to an activating group) is 1. The predicted octanol–water partition coefficient (Wildman–Crippen LogP) is -2.80. The molecule has 0 aliphatic rings. The van der Waals surface area contributed by atoms with Crippen molar-refractivity contribution in [2.45, 2.75) is 0 Å². The first-order chi connectivity index (χ1) is 8.63. The fraction of sp³-hybridized carbons (Fsp3) is 0.462. The Kier molecular flexibility index (Phi) is 7.41. The van der Waals surface area contributed by atoms with Gasteiger partial charge in [0.1, 0.15) is 0 Å². The molecule has 0 unspecified atom stereocenters. The van der Waals surface area contributed by atoms with Crippen LogP contribution in [0.1, 0.15) is 10.4 Å². The molecule has 18 heavy (non-hydrogen) atoms. The molecule has 1 aromatic rings. The van der Waals surface area contributed by atoms with E-state index in [2.05, 4.69) is 10.2 Å². The summed E-state index contributed by atoms with van der Waals surface area (Å²) in [5.41, 5.74) is 6.31. The minimum absolute atomic E-state index is 0.0792. The molecule has 0 radical (unpaired) electrons. The number of alkyl halides is 1. The fourth-order valence-corrected chi connectivity index (χ4v) is 2.80. The van der Waals surface area contributed by atoms with Crippen molar-refractivity contribution < 1.29 is 26.0 Å². The van der Waals surface area contributed by atoms with Gasteiger partial charge >= 0.3 is 119 Å². The molecule has 3 N–H and O–H groups in total. The molecule has 1 aromatic carbocycles. The molecule has 0 amide bonds. The first kappa shape index (κ1) is 15.6. The summed E-state index contributed by atoms with van der Waals surface area (Å²) in [6.45, 7) is 2.17. The third kappa shape index (κ3) is 5.90. The number of hydrogen-bond acceptors (Lipinski definition) is 4. The Morgan fingerprint density at radius 3 is 2.56 bits per heavy atom. The maximum atomic E-state index is 11.9. The number of hydrogen-bond donors (Lipinski definition) is 2. The van der Waals surface area contributed by atoms with Crippen molar-refractivity contribution in [3.63, 3.8) is 0 Å². The number of carbonyl (C=O) groups excluding carboxylic acids is 1. The summed E-state index contributed by atoms with van der Waals surface area (Å²) in [5.74, 6) is 0.145. The molecule has 0 heterocycles. The van der Waals surface area contributed by atoms with Crippen molar-refractivity contribution in [1.29, 1.82) is 0 Å². The van der Waals surface area contributed by atoms with E-state index in [1.807, 2.05) is 38.4 Å². The Balaban J connectivity index is 2.37. The Labute approximate surface area is 119 Å². The molecule has 1 rings (SSSR count). The molecule has 4 nitrogen and oxygen atoms in total. The number of carbonyl (C=O) groups is 1. The van der Waals surface area contributed by atoms with E-state index in [9.17, 15) is 4.79 Å². The summed E-state index contributed by atoms with van der Waals surface area (Å²) in [7, 11) is 4.03. The zero-order valence-electron chi connectivity index (χ0n) is 10.9. The van der Waals surface area contributed by atoms with Crippen LogP contribution in [0.2, 0.25) is 0 Å². The molecule has 0 aliphatic heterocycles. The second-order valence-corrected chi connectivity index (χ2v) is 7.09. The third-order valence-corrected chi connectivity index (χ3v) is 4.46. The van der Waals surface area contributed by atoms with E-state index >= 15 is 0 Å². The van der Waals surface area contributed by atoms with Crippen molar-refractivity contribution >= 4 is 5.78 Å².